The highest BCUT2D eigenvalue weighted by Crippen LogP contribution is 2.47. The summed E-state index contributed by atoms with van der Waals surface area (Å²) in [4.78, 5) is 12.8. The van der Waals surface area contributed by atoms with E-state index in [-0.39, 0.29) is 17.6 Å². The second kappa shape index (κ2) is 5.46. The van der Waals surface area contributed by atoms with Gasteiger partial charge >= 0.3 is 0 Å². The first kappa shape index (κ1) is 14.6. The second-order valence-electron chi connectivity index (χ2n) is 5.29. The van der Waals surface area contributed by atoms with Crippen LogP contribution < -0.4 is 10.1 Å². The lowest BCUT2D eigenvalue weighted by Gasteiger charge is -2.36. The Labute approximate surface area is 133 Å². The van der Waals surface area contributed by atoms with Crippen molar-refractivity contribution in [2.24, 2.45) is 0 Å². The van der Waals surface area contributed by atoms with Crippen LogP contribution in [0.4, 0.5) is 0 Å². The van der Waals surface area contributed by atoms with Crippen LogP contribution in [0.25, 0.3) is 0 Å². The average Bonchev–Trinajstić information content (AvgIpc) is 2.55. The summed E-state index contributed by atoms with van der Waals surface area (Å²) in [5.41, 5.74) is 0.603. The number of ether oxygens (including phenoxy) is 1. The van der Waals surface area contributed by atoms with E-state index in [9.17, 15) is 4.79 Å². The number of rotatable bonds is 2. The van der Waals surface area contributed by atoms with Gasteiger partial charge in [0.1, 0.15) is 22.7 Å². The van der Waals surface area contributed by atoms with Crippen molar-refractivity contribution in [3.8, 4) is 11.5 Å². The normalized spacial score (nSPS) is 14.3. The predicted molar refractivity (Wildman–Crippen MR) is 86.0 cm³/mol. The van der Waals surface area contributed by atoms with Gasteiger partial charge in [0, 0.05) is 11.1 Å². The lowest BCUT2D eigenvalue weighted by molar-refractivity contribution is -0.123. The molecule has 1 aliphatic heterocycles. The fourth-order valence-corrected chi connectivity index (χ4v) is 2.81. The summed E-state index contributed by atoms with van der Waals surface area (Å²) in [7, 11) is 0. The Hall–Kier alpha value is -2.33. The zero-order valence-corrected chi connectivity index (χ0v) is 12.8. The highest BCUT2D eigenvalue weighted by atomic mass is 35.5. The molecule has 0 unspecified atom stereocenters. The van der Waals surface area contributed by atoms with Crippen LogP contribution in [0, 0.1) is 5.41 Å². The van der Waals surface area contributed by atoms with Crippen LogP contribution in [0.1, 0.15) is 18.1 Å². The quantitative estimate of drug-likeness (QED) is 0.507. The molecule has 112 valence electrons. The number of alkyl halides is 1. The molecule has 0 spiro atoms. The SMILES string of the molecule is CC1(C(=O)NC(=N)CCl)c2ccccc2Oc2ccccc21. The van der Waals surface area contributed by atoms with Crippen molar-refractivity contribution in [1.82, 2.24) is 5.32 Å². The predicted octanol–water partition coefficient (Wildman–Crippen LogP) is 3.43. The van der Waals surface area contributed by atoms with Crippen LogP contribution in [0.2, 0.25) is 0 Å². The van der Waals surface area contributed by atoms with Crippen molar-refractivity contribution in [3.05, 3.63) is 59.7 Å². The van der Waals surface area contributed by atoms with Gasteiger partial charge in [-0.15, -0.1) is 11.6 Å². The minimum atomic E-state index is -0.941. The van der Waals surface area contributed by atoms with Crippen LogP contribution in [-0.2, 0) is 10.2 Å². The summed E-state index contributed by atoms with van der Waals surface area (Å²) in [6.07, 6.45) is 0. The van der Waals surface area contributed by atoms with Crippen molar-refractivity contribution >= 4 is 23.3 Å². The number of benzene rings is 2. The lowest BCUT2D eigenvalue weighted by atomic mass is 9.73. The number of fused-ring (bicyclic) bond motifs is 2. The molecule has 2 aromatic rings. The van der Waals surface area contributed by atoms with E-state index in [1.807, 2.05) is 55.5 Å². The van der Waals surface area contributed by atoms with E-state index >= 15 is 0 Å². The van der Waals surface area contributed by atoms with E-state index in [0.29, 0.717) is 11.5 Å². The third-order valence-corrected chi connectivity index (χ3v) is 4.19. The molecule has 4 nitrogen and oxygen atoms in total. The van der Waals surface area contributed by atoms with Gasteiger partial charge in [-0.05, 0) is 19.1 Å². The van der Waals surface area contributed by atoms with E-state index in [4.69, 9.17) is 21.7 Å². The lowest BCUT2D eigenvalue weighted by Crippen LogP contribution is -2.47. The molecule has 2 aromatic carbocycles. The van der Waals surface area contributed by atoms with Crippen molar-refractivity contribution < 1.29 is 9.53 Å². The largest absolute Gasteiger partial charge is 0.457 e. The molecule has 0 aromatic heterocycles. The zero-order valence-electron chi connectivity index (χ0n) is 12.0. The number of hydrogen-bond donors (Lipinski definition) is 2. The molecular weight excluding hydrogens is 300 g/mol. The minimum Gasteiger partial charge on any atom is -0.457 e. The molecule has 1 heterocycles. The fraction of sp³-hybridized carbons (Fsp3) is 0.176. The summed E-state index contributed by atoms with van der Waals surface area (Å²) in [6.45, 7) is 1.84. The molecule has 0 aliphatic carbocycles. The number of halogens is 1. The summed E-state index contributed by atoms with van der Waals surface area (Å²) >= 11 is 5.62. The Bertz CT molecular complexity index is 712. The van der Waals surface area contributed by atoms with E-state index in [2.05, 4.69) is 5.32 Å². The average molecular weight is 315 g/mol. The van der Waals surface area contributed by atoms with Gasteiger partial charge in [0.25, 0.3) is 0 Å². The Morgan fingerprint density at radius 1 is 1.14 bits per heavy atom. The van der Waals surface area contributed by atoms with Gasteiger partial charge in [-0.3, -0.25) is 10.2 Å². The van der Waals surface area contributed by atoms with E-state index in [1.165, 1.54) is 0 Å². The number of carbonyl (C=O) groups is 1. The van der Waals surface area contributed by atoms with Crippen LogP contribution in [0.3, 0.4) is 0 Å². The first-order valence-corrected chi connectivity index (χ1v) is 7.42. The number of amides is 1. The molecule has 1 amide bonds. The first-order valence-electron chi connectivity index (χ1n) is 6.89. The highest BCUT2D eigenvalue weighted by molar-refractivity contribution is 6.29. The molecule has 3 rings (SSSR count). The molecule has 0 saturated carbocycles. The van der Waals surface area contributed by atoms with Gasteiger partial charge in [-0.2, -0.15) is 0 Å². The Morgan fingerprint density at radius 2 is 1.64 bits per heavy atom. The Kier molecular flexibility index (Phi) is 3.62. The van der Waals surface area contributed by atoms with E-state index in [1.54, 1.807) is 0 Å². The fourth-order valence-electron chi connectivity index (χ4n) is 2.74. The number of amidine groups is 1. The summed E-state index contributed by atoms with van der Waals surface area (Å²) in [5, 5.41) is 10.2. The molecule has 0 saturated heterocycles. The van der Waals surface area contributed by atoms with Gasteiger partial charge < -0.3 is 10.1 Å². The summed E-state index contributed by atoms with van der Waals surface area (Å²) < 4.78 is 5.89. The number of para-hydroxylation sites is 2. The van der Waals surface area contributed by atoms with Gasteiger partial charge in [0.05, 0.1) is 5.88 Å². The smallest absolute Gasteiger partial charge is 0.240 e. The van der Waals surface area contributed by atoms with Crippen molar-refractivity contribution in [2.75, 3.05) is 5.88 Å². The van der Waals surface area contributed by atoms with Crippen LogP contribution in [0.5, 0.6) is 11.5 Å². The standard InChI is InChI=1S/C17H15ClN2O2/c1-17(16(21)20-15(19)10-18)11-6-2-4-8-13(11)22-14-9-5-3-7-12(14)17/h2-9H,10H2,1H3,(H2,19,20,21). The summed E-state index contributed by atoms with van der Waals surface area (Å²) in [5.74, 6) is 0.949. The zero-order chi connectivity index (χ0) is 15.7. The summed E-state index contributed by atoms with van der Waals surface area (Å²) in [6, 6.07) is 14.9. The third kappa shape index (κ3) is 2.16. The number of hydrogen-bond acceptors (Lipinski definition) is 3. The molecular formula is C17H15ClN2O2. The third-order valence-electron chi connectivity index (χ3n) is 3.92. The molecule has 5 heteroatoms. The van der Waals surface area contributed by atoms with Gasteiger partial charge in [0.15, 0.2) is 0 Å². The topological polar surface area (TPSA) is 62.2 Å². The monoisotopic (exact) mass is 314 g/mol. The molecule has 0 fully saturated rings. The van der Waals surface area contributed by atoms with Gasteiger partial charge in [-0.1, -0.05) is 36.4 Å². The van der Waals surface area contributed by atoms with Crippen molar-refractivity contribution in [3.63, 3.8) is 0 Å². The molecule has 0 atom stereocenters. The maximum atomic E-state index is 12.8. The van der Waals surface area contributed by atoms with Crippen LogP contribution >= 0.6 is 11.6 Å². The molecule has 22 heavy (non-hydrogen) atoms. The highest BCUT2D eigenvalue weighted by Gasteiger charge is 2.44. The Morgan fingerprint density at radius 3 is 2.14 bits per heavy atom. The maximum absolute atomic E-state index is 12.8. The van der Waals surface area contributed by atoms with Crippen molar-refractivity contribution in [2.45, 2.75) is 12.3 Å². The van der Waals surface area contributed by atoms with Crippen molar-refractivity contribution in [1.29, 1.82) is 5.41 Å². The second-order valence-corrected chi connectivity index (χ2v) is 5.55. The van der Waals surface area contributed by atoms with Gasteiger partial charge in [0.2, 0.25) is 5.91 Å². The van der Waals surface area contributed by atoms with Gasteiger partial charge in [-0.25, -0.2) is 0 Å². The van der Waals surface area contributed by atoms with Crippen LogP contribution in [0.15, 0.2) is 48.5 Å². The number of nitrogens with one attached hydrogen (secondary N) is 2. The number of carbonyl (C=O) groups excluding carboxylic acids is 1. The molecule has 0 bridgehead atoms. The molecule has 1 aliphatic rings. The molecule has 2 N–H and O–H groups in total. The van der Waals surface area contributed by atoms with Crippen LogP contribution in [-0.4, -0.2) is 17.6 Å². The maximum Gasteiger partial charge on any atom is 0.240 e. The first-order chi connectivity index (χ1) is 10.6. The van der Waals surface area contributed by atoms with E-state index in [0.717, 1.165) is 11.1 Å². The van der Waals surface area contributed by atoms with E-state index < -0.39 is 5.41 Å². The minimum absolute atomic E-state index is 0.0191. The molecule has 0 radical (unpaired) electrons. The Balaban J connectivity index is 2.17.